The Morgan fingerprint density at radius 1 is 1.07 bits per heavy atom. The third kappa shape index (κ3) is 7.99. The molecule has 1 atom stereocenters. The highest BCUT2D eigenvalue weighted by atomic mass is 16.5. The SMILES string of the molecule is COc1cc(CCC(=O)C=CCCC[C@H](C)CCc2ccccc2)ccc1O. The number of phenolic OH excluding ortho intramolecular Hbond substituents is 1. The number of carbonyl (C=O) groups is 1. The molecular weight excluding hydrogens is 348 g/mol. The molecule has 0 unspecified atom stereocenters. The van der Waals surface area contributed by atoms with Crippen molar-refractivity contribution in [3.05, 3.63) is 71.8 Å². The van der Waals surface area contributed by atoms with Crippen LogP contribution in [0.1, 0.15) is 50.2 Å². The first kappa shape index (κ1) is 21.7. The number of ketones is 1. The van der Waals surface area contributed by atoms with Gasteiger partial charge in [0.05, 0.1) is 7.11 Å². The Kier molecular flexibility index (Phi) is 9.33. The van der Waals surface area contributed by atoms with E-state index < -0.39 is 0 Å². The van der Waals surface area contributed by atoms with Gasteiger partial charge in [0.15, 0.2) is 17.3 Å². The first-order chi connectivity index (χ1) is 13.6. The van der Waals surface area contributed by atoms with Gasteiger partial charge in [0, 0.05) is 6.42 Å². The Morgan fingerprint density at radius 3 is 2.61 bits per heavy atom. The second-order valence-corrected chi connectivity index (χ2v) is 7.44. The van der Waals surface area contributed by atoms with E-state index >= 15 is 0 Å². The van der Waals surface area contributed by atoms with Gasteiger partial charge in [0.1, 0.15) is 0 Å². The number of rotatable bonds is 12. The zero-order valence-corrected chi connectivity index (χ0v) is 17.1. The van der Waals surface area contributed by atoms with Crippen LogP contribution in [0.5, 0.6) is 11.5 Å². The fourth-order valence-corrected chi connectivity index (χ4v) is 3.23. The average Bonchev–Trinajstić information content (AvgIpc) is 2.72. The molecule has 0 aromatic heterocycles. The lowest BCUT2D eigenvalue weighted by Crippen LogP contribution is -1.98. The Balaban J connectivity index is 1.60. The van der Waals surface area contributed by atoms with E-state index in [9.17, 15) is 9.90 Å². The lowest BCUT2D eigenvalue weighted by molar-refractivity contribution is -0.114. The molecular formula is C25H32O3. The molecule has 28 heavy (non-hydrogen) atoms. The van der Waals surface area contributed by atoms with Gasteiger partial charge in [-0.25, -0.2) is 0 Å². The number of hydrogen-bond acceptors (Lipinski definition) is 3. The minimum Gasteiger partial charge on any atom is -0.504 e. The molecule has 0 saturated heterocycles. The monoisotopic (exact) mass is 380 g/mol. The minimum absolute atomic E-state index is 0.121. The zero-order chi connectivity index (χ0) is 20.2. The molecule has 2 aromatic carbocycles. The van der Waals surface area contributed by atoms with Gasteiger partial charge >= 0.3 is 0 Å². The number of phenols is 1. The van der Waals surface area contributed by atoms with Crippen molar-refractivity contribution in [2.24, 2.45) is 5.92 Å². The summed E-state index contributed by atoms with van der Waals surface area (Å²) in [4.78, 5) is 12.0. The summed E-state index contributed by atoms with van der Waals surface area (Å²) in [6.45, 7) is 2.31. The summed E-state index contributed by atoms with van der Waals surface area (Å²) >= 11 is 0. The number of unbranched alkanes of at least 4 members (excludes halogenated alkanes) is 1. The van der Waals surface area contributed by atoms with Gasteiger partial charge in [0.2, 0.25) is 0 Å². The highest BCUT2D eigenvalue weighted by Crippen LogP contribution is 2.26. The smallest absolute Gasteiger partial charge is 0.160 e. The van der Waals surface area contributed by atoms with E-state index in [4.69, 9.17) is 4.74 Å². The van der Waals surface area contributed by atoms with Crippen molar-refractivity contribution in [1.82, 2.24) is 0 Å². The molecule has 0 heterocycles. The number of hydrogen-bond donors (Lipinski definition) is 1. The van der Waals surface area contributed by atoms with Crippen molar-refractivity contribution >= 4 is 5.78 Å². The van der Waals surface area contributed by atoms with Crippen LogP contribution in [-0.4, -0.2) is 18.0 Å². The molecule has 0 fully saturated rings. The Labute approximate surface area is 169 Å². The van der Waals surface area contributed by atoms with Crippen LogP contribution in [0.15, 0.2) is 60.7 Å². The first-order valence-corrected chi connectivity index (χ1v) is 10.2. The number of methoxy groups -OCH3 is 1. The molecule has 1 N–H and O–H groups in total. The number of benzene rings is 2. The van der Waals surface area contributed by atoms with Gasteiger partial charge < -0.3 is 9.84 Å². The molecule has 0 amide bonds. The van der Waals surface area contributed by atoms with Crippen LogP contribution < -0.4 is 4.74 Å². The summed E-state index contributed by atoms with van der Waals surface area (Å²) in [7, 11) is 1.52. The number of allylic oxidation sites excluding steroid dienone is 2. The minimum atomic E-state index is 0.121. The molecule has 0 aliphatic rings. The van der Waals surface area contributed by atoms with Crippen molar-refractivity contribution in [3.63, 3.8) is 0 Å². The highest BCUT2D eigenvalue weighted by Gasteiger charge is 2.05. The van der Waals surface area contributed by atoms with Crippen molar-refractivity contribution in [2.75, 3.05) is 7.11 Å². The maximum absolute atomic E-state index is 12.0. The summed E-state index contributed by atoms with van der Waals surface area (Å²) in [5.41, 5.74) is 2.40. The van der Waals surface area contributed by atoms with Crippen molar-refractivity contribution in [2.45, 2.75) is 51.9 Å². The van der Waals surface area contributed by atoms with Crippen molar-refractivity contribution in [1.29, 1.82) is 0 Å². The van der Waals surface area contributed by atoms with Gasteiger partial charge in [-0.1, -0.05) is 55.8 Å². The summed E-state index contributed by atoms with van der Waals surface area (Å²) in [6.07, 6.45) is 10.5. The second kappa shape index (κ2) is 12.0. The van der Waals surface area contributed by atoms with E-state index in [0.29, 0.717) is 24.5 Å². The van der Waals surface area contributed by atoms with E-state index in [1.807, 2.05) is 12.1 Å². The highest BCUT2D eigenvalue weighted by molar-refractivity contribution is 5.89. The zero-order valence-electron chi connectivity index (χ0n) is 17.1. The van der Waals surface area contributed by atoms with Gasteiger partial charge in [-0.2, -0.15) is 0 Å². The summed E-state index contributed by atoms with van der Waals surface area (Å²) in [5.74, 6) is 1.41. The molecule has 0 saturated carbocycles. The van der Waals surface area contributed by atoms with Crippen LogP contribution in [-0.2, 0) is 17.6 Å². The van der Waals surface area contributed by atoms with E-state index in [1.165, 1.54) is 25.5 Å². The molecule has 3 heteroatoms. The van der Waals surface area contributed by atoms with E-state index in [0.717, 1.165) is 24.8 Å². The molecule has 0 bridgehead atoms. The number of aryl methyl sites for hydroxylation is 2. The van der Waals surface area contributed by atoms with Crippen LogP contribution >= 0.6 is 0 Å². The lowest BCUT2D eigenvalue weighted by atomic mass is 9.96. The van der Waals surface area contributed by atoms with Gasteiger partial charge in [0.25, 0.3) is 0 Å². The maximum atomic E-state index is 12.0. The molecule has 2 rings (SSSR count). The molecule has 3 nitrogen and oxygen atoms in total. The van der Waals surface area contributed by atoms with Crippen molar-refractivity contribution < 1.29 is 14.6 Å². The second-order valence-electron chi connectivity index (χ2n) is 7.44. The quantitative estimate of drug-likeness (QED) is 0.368. The van der Waals surface area contributed by atoms with Gasteiger partial charge in [-0.15, -0.1) is 0 Å². The summed E-state index contributed by atoms with van der Waals surface area (Å²) in [5, 5.41) is 9.61. The number of carbonyl (C=O) groups excluding carboxylic acids is 1. The topological polar surface area (TPSA) is 46.5 Å². The normalized spacial score (nSPS) is 12.2. The maximum Gasteiger partial charge on any atom is 0.160 e. The largest absolute Gasteiger partial charge is 0.504 e. The first-order valence-electron chi connectivity index (χ1n) is 10.2. The predicted molar refractivity (Wildman–Crippen MR) is 115 cm³/mol. The lowest BCUT2D eigenvalue weighted by Gasteiger charge is -2.10. The number of ether oxygens (including phenoxy) is 1. The van der Waals surface area contributed by atoms with Crippen molar-refractivity contribution in [3.8, 4) is 11.5 Å². The molecule has 0 aliphatic carbocycles. The summed E-state index contributed by atoms with van der Waals surface area (Å²) in [6, 6.07) is 15.8. The van der Waals surface area contributed by atoms with Gasteiger partial charge in [-0.3, -0.25) is 4.79 Å². The predicted octanol–water partition coefficient (Wildman–Crippen LogP) is 5.90. The Bertz CT molecular complexity index is 750. The van der Waals surface area contributed by atoms with Crippen LogP contribution in [0.25, 0.3) is 0 Å². The Hall–Kier alpha value is -2.55. The van der Waals surface area contributed by atoms with Gasteiger partial charge in [-0.05, 0) is 67.4 Å². The molecule has 0 aliphatic heterocycles. The van der Waals surface area contributed by atoms with E-state index in [-0.39, 0.29) is 11.5 Å². The fraction of sp³-hybridized carbons (Fsp3) is 0.400. The van der Waals surface area contributed by atoms with Crippen LogP contribution in [0, 0.1) is 5.92 Å². The Morgan fingerprint density at radius 2 is 1.86 bits per heavy atom. The van der Waals surface area contributed by atoms with E-state index in [2.05, 4.69) is 37.3 Å². The number of aromatic hydroxyl groups is 1. The third-order valence-electron chi connectivity index (χ3n) is 5.04. The molecule has 0 spiro atoms. The van der Waals surface area contributed by atoms with Crippen LogP contribution in [0.2, 0.25) is 0 Å². The van der Waals surface area contributed by atoms with Crippen LogP contribution in [0.4, 0.5) is 0 Å². The van der Waals surface area contributed by atoms with E-state index in [1.54, 1.807) is 18.2 Å². The standard InChI is InChI=1S/C25H32O3/c1-20(13-14-21-10-6-4-7-11-21)9-5-3-8-12-23(26)17-15-22-16-18-24(27)25(19-22)28-2/h4,6-8,10-12,16,18-20,27H,3,5,9,13-15,17H2,1-2H3/t20-/m0/s1. The molecule has 2 aromatic rings. The van der Waals surface area contributed by atoms with Crippen LogP contribution in [0.3, 0.4) is 0 Å². The average molecular weight is 381 g/mol. The molecule has 0 radical (unpaired) electrons. The summed E-state index contributed by atoms with van der Waals surface area (Å²) < 4.78 is 5.10. The molecule has 150 valence electrons. The fourth-order valence-electron chi connectivity index (χ4n) is 3.23. The third-order valence-corrected chi connectivity index (χ3v) is 5.04.